The number of anilines is 2. The van der Waals surface area contributed by atoms with Crippen molar-refractivity contribution < 1.29 is 0 Å². The molecule has 0 fully saturated rings. The molecule has 18 heavy (non-hydrogen) atoms. The van der Waals surface area contributed by atoms with Crippen LogP contribution in [0.5, 0.6) is 0 Å². The van der Waals surface area contributed by atoms with Crippen molar-refractivity contribution in [2.45, 2.75) is 26.3 Å². The average molecular weight is 243 g/mol. The highest BCUT2D eigenvalue weighted by Crippen LogP contribution is 2.07. The van der Waals surface area contributed by atoms with Gasteiger partial charge >= 0.3 is 0 Å². The maximum atomic E-state index is 5.60. The van der Waals surface area contributed by atoms with Crippen LogP contribution in [-0.4, -0.2) is 21.0 Å². The van der Waals surface area contributed by atoms with Crippen LogP contribution in [0, 0.1) is 6.92 Å². The number of rotatable bonds is 4. The SMILES string of the molecule is Cc1cccc(CC(C)Nc2nccc(N)n2)n1. The van der Waals surface area contributed by atoms with Gasteiger partial charge < -0.3 is 11.1 Å². The zero-order chi connectivity index (χ0) is 13.0. The molecule has 0 aliphatic rings. The molecule has 0 radical (unpaired) electrons. The summed E-state index contributed by atoms with van der Waals surface area (Å²) in [6, 6.07) is 7.88. The Morgan fingerprint density at radius 1 is 1.28 bits per heavy atom. The molecule has 0 aliphatic carbocycles. The quantitative estimate of drug-likeness (QED) is 0.856. The Morgan fingerprint density at radius 3 is 2.83 bits per heavy atom. The standard InChI is InChI=1S/C13H17N5/c1-9-4-3-5-11(16-9)8-10(2)17-13-15-7-6-12(14)18-13/h3-7,10H,8H2,1-2H3,(H3,14,15,17,18). The first-order chi connectivity index (χ1) is 8.63. The summed E-state index contributed by atoms with van der Waals surface area (Å²) >= 11 is 0. The number of nitrogen functional groups attached to an aromatic ring is 1. The molecule has 0 amide bonds. The summed E-state index contributed by atoms with van der Waals surface area (Å²) in [5.41, 5.74) is 7.69. The molecular formula is C13H17N5. The molecule has 0 aliphatic heterocycles. The number of nitrogens with one attached hydrogen (secondary N) is 1. The average Bonchev–Trinajstić information content (AvgIpc) is 2.28. The maximum absolute atomic E-state index is 5.60. The normalized spacial score (nSPS) is 12.1. The van der Waals surface area contributed by atoms with Crippen LogP contribution in [0.1, 0.15) is 18.3 Å². The molecule has 2 aromatic heterocycles. The summed E-state index contributed by atoms with van der Waals surface area (Å²) in [6.45, 7) is 4.05. The van der Waals surface area contributed by atoms with E-state index in [1.807, 2.05) is 25.1 Å². The van der Waals surface area contributed by atoms with Gasteiger partial charge in [0.2, 0.25) is 5.95 Å². The first kappa shape index (κ1) is 12.3. The van der Waals surface area contributed by atoms with Gasteiger partial charge in [0.1, 0.15) is 5.82 Å². The van der Waals surface area contributed by atoms with E-state index in [1.54, 1.807) is 12.3 Å². The van der Waals surface area contributed by atoms with Crippen molar-refractivity contribution in [3.05, 3.63) is 41.9 Å². The van der Waals surface area contributed by atoms with Gasteiger partial charge in [-0.2, -0.15) is 4.98 Å². The minimum atomic E-state index is 0.195. The monoisotopic (exact) mass is 243 g/mol. The summed E-state index contributed by atoms with van der Waals surface area (Å²) in [5, 5.41) is 3.21. The van der Waals surface area contributed by atoms with Gasteiger partial charge in [0, 0.05) is 30.0 Å². The van der Waals surface area contributed by atoms with Crippen LogP contribution in [0.2, 0.25) is 0 Å². The summed E-state index contributed by atoms with van der Waals surface area (Å²) in [5.74, 6) is 1.02. The highest BCUT2D eigenvalue weighted by molar-refractivity contribution is 5.35. The van der Waals surface area contributed by atoms with E-state index in [0.717, 1.165) is 17.8 Å². The molecule has 0 spiro atoms. The van der Waals surface area contributed by atoms with Crippen molar-refractivity contribution in [2.75, 3.05) is 11.1 Å². The van der Waals surface area contributed by atoms with E-state index in [9.17, 15) is 0 Å². The molecule has 2 heterocycles. The topological polar surface area (TPSA) is 76.7 Å². The van der Waals surface area contributed by atoms with Crippen LogP contribution in [0.3, 0.4) is 0 Å². The highest BCUT2D eigenvalue weighted by atomic mass is 15.1. The molecule has 5 heteroatoms. The third-order valence-corrected chi connectivity index (χ3v) is 2.51. The van der Waals surface area contributed by atoms with Gasteiger partial charge in [-0.15, -0.1) is 0 Å². The zero-order valence-corrected chi connectivity index (χ0v) is 10.6. The van der Waals surface area contributed by atoms with E-state index in [1.165, 1.54) is 0 Å². The lowest BCUT2D eigenvalue weighted by atomic mass is 10.1. The molecule has 0 saturated heterocycles. The highest BCUT2D eigenvalue weighted by Gasteiger charge is 2.06. The Bertz CT molecular complexity index is 479. The number of nitrogens with zero attached hydrogens (tertiary/aromatic N) is 3. The van der Waals surface area contributed by atoms with E-state index in [-0.39, 0.29) is 6.04 Å². The Labute approximate surface area is 106 Å². The Kier molecular flexibility index (Phi) is 3.72. The third-order valence-electron chi connectivity index (χ3n) is 2.51. The molecule has 2 rings (SSSR count). The lowest BCUT2D eigenvalue weighted by molar-refractivity contribution is 0.756. The van der Waals surface area contributed by atoms with Crippen LogP contribution >= 0.6 is 0 Å². The molecule has 0 aromatic carbocycles. The molecule has 2 aromatic rings. The van der Waals surface area contributed by atoms with Crippen LogP contribution in [0.15, 0.2) is 30.5 Å². The zero-order valence-electron chi connectivity index (χ0n) is 10.6. The summed E-state index contributed by atoms with van der Waals surface area (Å²) in [4.78, 5) is 12.7. The van der Waals surface area contributed by atoms with Crippen LogP contribution in [0.4, 0.5) is 11.8 Å². The predicted molar refractivity (Wildman–Crippen MR) is 72.2 cm³/mol. The van der Waals surface area contributed by atoms with Gasteiger partial charge in [-0.1, -0.05) is 6.07 Å². The van der Waals surface area contributed by atoms with Gasteiger partial charge in [-0.3, -0.25) is 4.98 Å². The minimum Gasteiger partial charge on any atom is -0.384 e. The number of aryl methyl sites for hydroxylation is 1. The maximum Gasteiger partial charge on any atom is 0.224 e. The summed E-state index contributed by atoms with van der Waals surface area (Å²) < 4.78 is 0. The van der Waals surface area contributed by atoms with Gasteiger partial charge in [0.15, 0.2) is 0 Å². The van der Waals surface area contributed by atoms with Gasteiger partial charge in [0.05, 0.1) is 0 Å². The molecule has 5 nitrogen and oxygen atoms in total. The van der Waals surface area contributed by atoms with E-state index in [0.29, 0.717) is 11.8 Å². The van der Waals surface area contributed by atoms with Gasteiger partial charge in [0.25, 0.3) is 0 Å². The number of nitrogens with two attached hydrogens (primary N) is 1. The van der Waals surface area contributed by atoms with Crippen molar-refractivity contribution in [3.63, 3.8) is 0 Å². The van der Waals surface area contributed by atoms with E-state index in [4.69, 9.17) is 5.73 Å². The summed E-state index contributed by atoms with van der Waals surface area (Å²) in [6.07, 6.45) is 2.46. The predicted octanol–water partition coefficient (Wildman–Crippen LogP) is 1.81. The van der Waals surface area contributed by atoms with E-state index >= 15 is 0 Å². The number of aromatic nitrogens is 3. The van der Waals surface area contributed by atoms with E-state index < -0.39 is 0 Å². The molecule has 3 N–H and O–H groups in total. The fraction of sp³-hybridized carbons (Fsp3) is 0.308. The first-order valence-corrected chi connectivity index (χ1v) is 5.91. The minimum absolute atomic E-state index is 0.195. The fourth-order valence-electron chi connectivity index (χ4n) is 1.74. The number of hydrogen-bond donors (Lipinski definition) is 2. The van der Waals surface area contributed by atoms with Crippen molar-refractivity contribution in [3.8, 4) is 0 Å². The second-order valence-electron chi connectivity index (χ2n) is 4.32. The first-order valence-electron chi connectivity index (χ1n) is 5.91. The van der Waals surface area contributed by atoms with Gasteiger partial charge in [-0.25, -0.2) is 4.98 Å². The molecule has 0 bridgehead atoms. The van der Waals surface area contributed by atoms with Crippen molar-refractivity contribution in [1.29, 1.82) is 0 Å². The van der Waals surface area contributed by atoms with Crippen molar-refractivity contribution in [1.82, 2.24) is 15.0 Å². The largest absolute Gasteiger partial charge is 0.384 e. The Balaban J connectivity index is 1.98. The van der Waals surface area contributed by atoms with E-state index in [2.05, 4.69) is 27.2 Å². The Hall–Kier alpha value is -2.17. The lowest BCUT2D eigenvalue weighted by Gasteiger charge is -2.13. The lowest BCUT2D eigenvalue weighted by Crippen LogP contribution is -2.20. The van der Waals surface area contributed by atoms with Crippen molar-refractivity contribution in [2.24, 2.45) is 0 Å². The molecule has 1 unspecified atom stereocenters. The smallest absolute Gasteiger partial charge is 0.224 e. The van der Waals surface area contributed by atoms with Crippen LogP contribution < -0.4 is 11.1 Å². The third kappa shape index (κ3) is 3.41. The number of pyridine rings is 1. The van der Waals surface area contributed by atoms with Crippen LogP contribution in [-0.2, 0) is 6.42 Å². The molecule has 94 valence electrons. The van der Waals surface area contributed by atoms with Crippen molar-refractivity contribution >= 4 is 11.8 Å². The molecule has 0 saturated carbocycles. The van der Waals surface area contributed by atoms with Crippen LogP contribution in [0.25, 0.3) is 0 Å². The molecular weight excluding hydrogens is 226 g/mol. The summed E-state index contributed by atoms with van der Waals surface area (Å²) in [7, 11) is 0. The Morgan fingerprint density at radius 2 is 2.11 bits per heavy atom. The molecule has 1 atom stereocenters. The van der Waals surface area contributed by atoms with Gasteiger partial charge in [-0.05, 0) is 32.0 Å². The second kappa shape index (κ2) is 5.44. The fourth-order valence-corrected chi connectivity index (χ4v) is 1.74. The second-order valence-corrected chi connectivity index (χ2v) is 4.32. The number of hydrogen-bond acceptors (Lipinski definition) is 5.